The number of aliphatic carboxylic acids is 1. The van der Waals surface area contributed by atoms with Gasteiger partial charge in [0.1, 0.15) is 5.70 Å². The van der Waals surface area contributed by atoms with Gasteiger partial charge in [0, 0.05) is 0 Å². The molecule has 2 aliphatic rings. The lowest BCUT2D eigenvalue weighted by Crippen LogP contribution is -2.26. The molecule has 16 heavy (non-hydrogen) atoms. The summed E-state index contributed by atoms with van der Waals surface area (Å²) < 4.78 is 23.1. The van der Waals surface area contributed by atoms with E-state index in [9.17, 15) is 13.2 Å². The fraction of sp³-hybridized carbons (Fsp3) is 0.556. The SMILES string of the molecule is O=C(O)C1=CS(=O)(=O)C(=NC2CCCC2)N1. The van der Waals surface area contributed by atoms with Gasteiger partial charge in [-0.05, 0) is 12.8 Å². The van der Waals surface area contributed by atoms with Crippen LogP contribution in [-0.4, -0.2) is 30.7 Å². The van der Waals surface area contributed by atoms with Crippen LogP contribution < -0.4 is 5.32 Å². The summed E-state index contributed by atoms with van der Waals surface area (Å²) in [5.41, 5.74) is -0.336. The molecule has 1 aliphatic heterocycles. The topological polar surface area (TPSA) is 95.8 Å². The largest absolute Gasteiger partial charge is 0.477 e. The third-order valence-electron chi connectivity index (χ3n) is 2.64. The summed E-state index contributed by atoms with van der Waals surface area (Å²) in [6.45, 7) is 0. The predicted molar refractivity (Wildman–Crippen MR) is 57.5 cm³/mol. The van der Waals surface area contributed by atoms with E-state index in [1.165, 1.54) is 0 Å². The molecule has 1 fully saturated rings. The number of hydrogen-bond acceptors (Lipinski definition) is 4. The first-order chi connectivity index (χ1) is 7.49. The number of nitrogens with zero attached hydrogens (tertiary/aromatic N) is 1. The second-order valence-electron chi connectivity index (χ2n) is 3.88. The summed E-state index contributed by atoms with van der Waals surface area (Å²) in [6.07, 6.45) is 3.81. The Morgan fingerprint density at radius 1 is 1.44 bits per heavy atom. The lowest BCUT2D eigenvalue weighted by atomic mass is 10.3. The molecule has 0 spiro atoms. The van der Waals surface area contributed by atoms with Crippen LogP contribution in [0, 0.1) is 0 Å². The molecule has 0 aromatic rings. The van der Waals surface area contributed by atoms with Gasteiger partial charge in [-0.25, -0.2) is 13.2 Å². The first kappa shape index (κ1) is 11.1. The highest BCUT2D eigenvalue weighted by Crippen LogP contribution is 2.22. The zero-order valence-corrected chi connectivity index (χ0v) is 9.33. The van der Waals surface area contributed by atoms with E-state index >= 15 is 0 Å². The number of hydrogen-bond donors (Lipinski definition) is 2. The Morgan fingerprint density at radius 2 is 2.06 bits per heavy atom. The van der Waals surface area contributed by atoms with Crippen LogP contribution in [-0.2, 0) is 14.6 Å². The third-order valence-corrected chi connectivity index (χ3v) is 3.93. The molecule has 6 nitrogen and oxygen atoms in total. The van der Waals surface area contributed by atoms with Gasteiger partial charge < -0.3 is 10.4 Å². The maximum atomic E-state index is 11.5. The molecule has 0 amide bonds. The Bertz CT molecular complexity index is 472. The average molecular weight is 244 g/mol. The molecular formula is C9H12N2O4S. The van der Waals surface area contributed by atoms with Crippen molar-refractivity contribution in [1.82, 2.24) is 5.32 Å². The smallest absolute Gasteiger partial charge is 0.353 e. The van der Waals surface area contributed by atoms with Gasteiger partial charge in [0.05, 0.1) is 11.4 Å². The fourth-order valence-electron chi connectivity index (χ4n) is 1.84. The molecule has 0 aromatic heterocycles. The van der Waals surface area contributed by atoms with Gasteiger partial charge in [0.2, 0.25) is 15.0 Å². The quantitative estimate of drug-likeness (QED) is 0.724. The minimum Gasteiger partial charge on any atom is -0.477 e. The number of carbonyl (C=O) groups is 1. The first-order valence-electron chi connectivity index (χ1n) is 5.04. The molecule has 2 N–H and O–H groups in total. The van der Waals surface area contributed by atoms with Crippen LogP contribution in [0.3, 0.4) is 0 Å². The molecule has 0 radical (unpaired) electrons. The second kappa shape index (κ2) is 3.89. The number of rotatable bonds is 2. The number of sulfone groups is 1. The van der Waals surface area contributed by atoms with Crippen LogP contribution >= 0.6 is 0 Å². The van der Waals surface area contributed by atoms with Crippen LogP contribution in [0.25, 0.3) is 0 Å². The van der Waals surface area contributed by atoms with Gasteiger partial charge in [0.15, 0.2) is 0 Å². The highest BCUT2D eigenvalue weighted by atomic mass is 32.2. The molecule has 0 unspecified atom stereocenters. The molecular weight excluding hydrogens is 232 g/mol. The summed E-state index contributed by atoms with van der Waals surface area (Å²) in [5, 5.41) is 11.5. The molecule has 2 rings (SSSR count). The van der Waals surface area contributed by atoms with Crippen molar-refractivity contribution in [3.63, 3.8) is 0 Å². The van der Waals surface area contributed by atoms with Crippen molar-refractivity contribution in [3.8, 4) is 0 Å². The predicted octanol–water partition coefficient (Wildman–Crippen LogP) is 0.229. The zero-order valence-electron chi connectivity index (χ0n) is 8.51. The van der Waals surface area contributed by atoms with Gasteiger partial charge in [-0.3, -0.25) is 4.99 Å². The normalized spacial score (nSPS) is 26.8. The van der Waals surface area contributed by atoms with Crippen molar-refractivity contribution in [2.24, 2.45) is 4.99 Å². The van der Waals surface area contributed by atoms with Crippen LogP contribution in [0.5, 0.6) is 0 Å². The average Bonchev–Trinajstić information content (AvgIpc) is 2.76. The maximum absolute atomic E-state index is 11.5. The van der Waals surface area contributed by atoms with Crippen molar-refractivity contribution in [1.29, 1.82) is 0 Å². The van der Waals surface area contributed by atoms with E-state index < -0.39 is 15.8 Å². The van der Waals surface area contributed by atoms with Crippen molar-refractivity contribution >= 4 is 21.0 Å². The summed E-state index contributed by atoms with van der Waals surface area (Å²) in [4.78, 5) is 14.7. The van der Waals surface area contributed by atoms with E-state index in [0.717, 1.165) is 25.7 Å². The minimum absolute atomic E-state index is 0.00109. The fourth-order valence-corrected chi connectivity index (χ4v) is 2.97. The minimum atomic E-state index is -3.67. The number of carboxylic acid groups (broad SMARTS) is 1. The second-order valence-corrected chi connectivity index (χ2v) is 5.59. The van der Waals surface area contributed by atoms with E-state index in [2.05, 4.69) is 10.3 Å². The summed E-state index contributed by atoms with van der Waals surface area (Å²) in [6, 6.07) is -0.00109. The standard InChI is InChI=1S/C9H12N2O4S/c12-8(13)7-5-16(14,15)9(11-7)10-6-3-1-2-4-6/h5-6H,1-4H2,(H,10,11)(H,12,13). The third kappa shape index (κ3) is 2.08. The van der Waals surface area contributed by atoms with Crippen molar-refractivity contribution in [2.45, 2.75) is 31.7 Å². The first-order valence-corrected chi connectivity index (χ1v) is 6.58. The zero-order chi connectivity index (χ0) is 11.8. The number of carboxylic acids is 1. The van der Waals surface area contributed by atoms with Crippen molar-refractivity contribution < 1.29 is 18.3 Å². The van der Waals surface area contributed by atoms with Gasteiger partial charge in [-0.2, -0.15) is 0 Å². The molecule has 0 atom stereocenters. The Labute approximate surface area is 93.0 Å². The Balaban J connectivity index is 2.23. The molecule has 7 heteroatoms. The highest BCUT2D eigenvalue weighted by molar-refractivity contribution is 8.09. The summed E-state index contributed by atoms with van der Waals surface area (Å²) in [5.74, 6) is -1.29. The molecule has 1 saturated carbocycles. The van der Waals surface area contributed by atoms with Gasteiger partial charge >= 0.3 is 5.97 Å². The van der Waals surface area contributed by atoms with E-state index in [-0.39, 0.29) is 16.9 Å². The molecule has 0 aromatic carbocycles. The lowest BCUT2D eigenvalue weighted by molar-refractivity contribution is -0.132. The van der Waals surface area contributed by atoms with E-state index in [1.54, 1.807) is 0 Å². The summed E-state index contributed by atoms with van der Waals surface area (Å²) in [7, 11) is -3.67. The monoisotopic (exact) mass is 244 g/mol. The van der Waals surface area contributed by atoms with Crippen LogP contribution in [0.15, 0.2) is 16.1 Å². The van der Waals surface area contributed by atoms with Gasteiger partial charge in [0.25, 0.3) is 0 Å². The van der Waals surface area contributed by atoms with Crippen LogP contribution in [0.2, 0.25) is 0 Å². The van der Waals surface area contributed by atoms with Gasteiger partial charge in [-0.15, -0.1) is 0 Å². The number of amidine groups is 1. The number of nitrogens with one attached hydrogen (secondary N) is 1. The molecule has 88 valence electrons. The van der Waals surface area contributed by atoms with Crippen LogP contribution in [0.1, 0.15) is 25.7 Å². The molecule has 0 saturated heterocycles. The Kier molecular flexibility index (Phi) is 2.71. The van der Waals surface area contributed by atoms with E-state index in [4.69, 9.17) is 5.11 Å². The maximum Gasteiger partial charge on any atom is 0.353 e. The van der Waals surface area contributed by atoms with Crippen molar-refractivity contribution in [3.05, 3.63) is 11.1 Å². The lowest BCUT2D eigenvalue weighted by Gasteiger charge is -2.04. The molecule has 1 heterocycles. The Morgan fingerprint density at radius 3 is 2.56 bits per heavy atom. The molecule has 0 bridgehead atoms. The Hall–Kier alpha value is -1.37. The molecule has 1 aliphatic carbocycles. The van der Waals surface area contributed by atoms with E-state index in [1.807, 2.05) is 0 Å². The van der Waals surface area contributed by atoms with Crippen molar-refractivity contribution in [2.75, 3.05) is 0 Å². The van der Waals surface area contributed by atoms with E-state index in [0.29, 0.717) is 5.41 Å². The summed E-state index contributed by atoms with van der Waals surface area (Å²) >= 11 is 0. The highest BCUT2D eigenvalue weighted by Gasteiger charge is 2.31. The van der Waals surface area contributed by atoms with Gasteiger partial charge in [-0.1, -0.05) is 12.8 Å². The van der Waals surface area contributed by atoms with Crippen LogP contribution in [0.4, 0.5) is 0 Å². The number of aliphatic imine (C=N–C) groups is 1.